The van der Waals surface area contributed by atoms with Crippen molar-refractivity contribution in [2.24, 2.45) is 7.05 Å². The monoisotopic (exact) mass is 352 g/mol. The molecule has 1 aliphatic heterocycles. The molecule has 4 rings (SSSR count). The van der Waals surface area contributed by atoms with Gasteiger partial charge in [0.25, 0.3) is 5.91 Å². The average molecular weight is 352 g/mol. The maximum atomic E-state index is 12.4. The van der Waals surface area contributed by atoms with E-state index in [9.17, 15) is 9.59 Å². The Labute approximate surface area is 150 Å². The van der Waals surface area contributed by atoms with Crippen LogP contribution in [0.4, 0.5) is 5.69 Å². The fourth-order valence-electron chi connectivity index (χ4n) is 3.20. The number of fused-ring (bicyclic) bond motifs is 1. The number of rotatable bonds is 4. The number of nitrogens with one attached hydrogen (secondary N) is 1. The van der Waals surface area contributed by atoms with Crippen LogP contribution >= 0.6 is 0 Å². The van der Waals surface area contributed by atoms with Gasteiger partial charge in [-0.2, -0.15) is 5.10 Å². The smallest absolute Gasteiger partial charge is 0.255 e. The second kappa shape index (κ2) is 6.62. The molecule has 0 bridgehead atoms. The third-order valence-corrected chi connectivity index (χ3v) is 4.63. The second-order valence-electron chi connectivity index (χ2n) is 6.53. The molecule has 1 aliphatic rings. The summed E-state index contributed by atoms with van der Waals surface area (Å²) in [6.07, 6.45) is 7.06. The van der Waals surface area contributed by atoms with Crippen LogP contribution < -0.4 is 5.32 Å². The van der Waals surface area contributed by atoms with Gasteiger partial charge in [-0.1, -0.05) is 0 Å². The molecule has 0 unspecified atom stereocenters. The summed E-state index contributed by atoms with van der Waals surface area (Å²) in [6, 6.07) is 5.39. The molecule has 0 aliphatic carbocycles. The molecular weight excluding hydrogens is 332 g/mol. The maximum Gasteiger partial charge on any atom is 0.255 e. The topological polar surface area (TPSA) is 85.0 Å². The van der Waals surface area contributed by atoms with E-state index >= 15 is 0 Å². The Hall–Kier alpha value is -3.16. The Kier molecular flexibility index (Phi) is 4.16. The van der Waals surface area contributed by atoms with E-state index in [2.05, 4.69) is 15.4 Å². The van der Waals surface area contributed by atoms with Crippen LogP contribution in [0, 0.1) is 0 Å². The molecule has 3 heterocycles. The average Bonchev–Trinajstić information content (AvgIpc) is 3.37. The van der Waals surface area contributed by atoms with Crippen LogP contribution in [0.25, 0.3) is 11.0 Å². The second-order valence-corrected chi connectivity index (χ2v) is 6.53. The maximum absolute atomic E-state index is 12.4. The van der Waals surface area contributed by atoms with E-state index in [1.165, 1.54) is 0 Å². The molecule has 2 aromatic heterocycles. The highest BCUT2D eigenvalue weighted by Crippen LogP contribution is 2.16. The van der Waals surface area contributed by atoms with Gasteiger partial charge in [-0.05, 0) is 31.0 Å². The predicted molar refractivity (Wildman–Crippen MR) is 96.7 cm³/mol. The highest BCUT2D eigenvalue weighted by molar-refractivity contribution is 6.05. The summed E-state index contributed by atoms with van der Waals surface area (Å²) in [6.45, 7) is 1.83. The molecule has 0 spiro atoms. The van der Waals surface area contributed by atoms with Gasteiger partial charge < -0.3 is 14.8 Å². The highest BCUT2D eigenvalue weighted by Gasteiger charge is 2.18. The molecule has 26 heavy (non-hydrogen) atoms. The minimum absolute atomic E-state index is 0.0593. The third kappa shape index (κ3) is 3.17. The van der Waals surface area contributed by atoms with Crippen LogP contribution in [0.15, 0.2) is 36.9 Å². The van der Waals surface area contributed by atoms with E-state index in [0.717, 1.165) is 37.0 Å². The van der Waals surface area contributed by atoms with Crippen molar-refractivity contribution >= 4 is 28.5 Å². The number of anilines is 1. The normalized spacial score (nSPS) is 14.1. The first-order chi connectivity index (χ1) is 12.6. The van der Waals surface area contributed by atoms with Gasteiger partial charge in [0.05, 0.1) is 29.2 Å². The summed E-state index contributed by atoms with van der Waals surface area (Å²) < 4.78 is 3.46. The molecule has 1 fully saturated rings. The molecule has 8 nitrogen and oxygen atoms in total. The number of aromatic nitrogens is 4. The number of aryl methyl sites for hydroxylation is 1. The first-order valence-corrected chi connectivity index (χ1v) is 8.63. The fourth-order valence-corrected chi connectivity index (χ4v) is 3.20. The zero-order valence-electron chi connectivity index (χ0n) is 14.6. The Morgan fingerprint density at radius 1 is 1.23 bits per heavy atom. The van der Waals surface area contributed by atoms with Crippen LogP contribution in [0.2, 0.25) is 0 Å². The Morgan fingerprint density at radius 2 is 2.04 bits per heavy atom. The van der Waals surface area contributed by atoms with Crippen molar-refractivity contribution in [2.75, 3.05) is 18.4 Å². The molecule has 1 aromatic carbocycles. The summed E-state index contributed by atoms with van der Waals surface area (Å²) in [5.41, 5.74) is 2.82. The van der Waals surface area contributed by atoms with Gasteiger partial charge in [0.2, 0.25) is 5.91 Å². The number of carbonyl (C=O) groups excluding carboxylic acids is 2. The summed E-state index contributed by atoms with van der Waals surface area (Å²) in [7, 11) is 1.91. The van der Waals surface area contributed by atoms with Gasteiger partial charge in [-0.25, -0.2) is 4.98 Å². The molecular formula is C18H20N6O2. The lowest BCUT2D eigenvalue weighted by atomic mass is 10.2. The molecule has 0 radical (unpaired) electrons. The lowest BCUT2D eigenvalue weighted by Crippen LogP contribution is -2.31. The molecule has 134 valence electrons. The molecule has 2 amide bonds. The number of amides is 2. The molecule has 1 N–H and O–H groups in total. The summed E-state index contributed by atoms with van der Waals surface area (Å²) in [4.78, 5) is 30.7. The standard InChI is InChI=1S/C18H20N6O2/c1-22-12-19-15-8-13(4-5-16(15)22)18(26)21-14-9-20-24(10-14)11-17(25)23-6-2-3-7-23/h4-5,8-10,12H,2-3,6-7,11H2,1H3,(H,21,26). The van der Waals surface area contributed by atoms with Gasteiger partial charge in [0.1, 0.15) is 6.54 Å². The van der Waals surface area contributed by atoms with Crippen molar-refractivity contribution in [1.29, 1.82) is 0 Å². The SMILES string of the molecule is Cn1cnc2cc(C(=O)Nc3cnn(CC(=O)N4CCCC4)c3)ccc21. The van der Waals surface area contributed by atoms with Crippen LogP contribution in [-0.2, 0) is 18.4 Å². The Bertz CT molecular complexity index is 967. The lowest BCUT2D eigenvalue weighted by Gasteiger charge is -2.14. The largest absolute Gasteiger partial charge is 0.341 e. The minimum atomic E-state index is -0.233. The Morgan fingerprint density at radius 3 is 2.85 bits per heavy atom. The number of nitrogens with zero attached hydrogens (tertiary/aromatic N) is 5. The molecule has 0 saturated carbocycles. The molecule has 0 atom stereocenters. The van der Waals surface area contributed by atoms with Crippen LogP contribution in [0.1, 0.15) is 23.2 Å². The van der Waals surface area contributed by atoms with Gasteiger partial charge in [0.15, 0.2) is 0 Å². The first kappa shape index (κ1) is 16.3. The highest BCUT2D eigenvalue weighted by atomic mass is 16.2. The number of likely N-dealkylation sites (tertiary alicyclic amines) is 1. The summed E-state index contributed by atoms with van der Waals surface area (Å²) >= 11 is 0. The van der Waals surface area contributed by atoms with Crippen molar-refractivity contribution < 1.29 is 9.59 Å². The van der Waals surface area contributed by atoms with E-state index in [1.807, 2.05) is 22.6 Å². The van der Waals surface area contributed by atoms with Crippen molar-refractivity contribution in [3.05, 3.63) is 42.5 Å². The van der Waals surface area contributed by atoms with Gasteiger partial charge in [0, 0.05) is 31.9 Å². The first-order valence-electron chi connectivity index (χ1n) is 8.63. The number of hydrogen-bond donors (Lipinski definition) is 1. The lowest BCUT2D eigenvalue weighted by molar-refractivity contribution is -0.130. The summed E-state index contributed by atoms with van der Waals surface area (Å²) in [5, 5.41) is 6.98. The Balaban J connectivity index is 1.42. The van der Waals surface area contributed by atoms with Crippen molar-refractivity contribution in [3.63, 3.8) is 0 Å². The van der Waals surface area contributed by atoms with Crippen LogP contribution in [-0.4, -0.2) is 49.1 Å². The third-order valence-electron chi connectivity index (χ3n) is 4.63. The van der Waals surface area contributed by atoms with Gasteiger partial charge in [-0.3, -0.25) is 14.3 Å². The van der Waals surface area contributed by atoms with E-state index in [0.29, 0.717) is 11.3 Å². The van der Waals surface area contributed by atoms with Crippen LogP contribution in [0.3, 0.4) is 0 Å². The van der Waals surface area contributed by atoms with Crippen molar-refractivity contribution in [2.45, 2.75) is 19.4 Å². The van der Waals surface area contributed by atoms with E-state index in [-0.39, 0.29) is 18.4 Å². The quantitative estimate of drug-likeness (QED) is 0.774. The summed E-state index contributed by atoms with van der Waals surface area (Å²) in [5.74, 6) is -0.174. The van der Waals surface area contributed by atoms with E-state index in [1.54, 1.807) is 35.5 Å². The van der Waals surface area contributed by atoms with Gasteiger partial charge >= 0.3 is 0 Å². The number of hydrogen-bond acceptors (Lipinski definition) is 4. The zero-order chi connectivity index (χ0) is 18.1. The zero-order valence-corrected chi connectivity index (χ0v) is 14.6. The van der Waals surface area contributed by atoms with Crippen molar-refractivity contribution in [3.8, 4) is 0 Å². The van der Waals surface area contributed by atoms with Crippen molar-refractivity contribution in [1.82, 2.24) is 24.2 Å². The minimum Gasteiger partial charge on any atom is -0.341 e. The predicted octanol–water partition coefficient (Wildman–Crippen LogP) is 1.64. The van der Waals surface area contributed by atoms with E-state index < -0.39 is 0 Å². The van der Waals surface area contributed by atoms with Gasteiger partial charge in [-0.15, -0.1) is 0 Å². The number of benzene rings is 1. The number of imidazole rings is 1. The number of carbonyl (C=O) groups is 2. The molecule has 3 aromatic rings. The molecule has 1 saturated heterocycles. The van der Waals surface area contributed by atoms with Crippen LogP contribution in [0.5, 0.6) is 0 Å². The van der Waals surface area contributed by atoms with E-state index in [4.69, 9.17) is 0 Å². The fraction of sp³-hybridized carbons (Fsp3) is 0.333. The molecule has 8 heteroatoms.